The SMILES string of the molecule is COc1cccc(N2CC(C(=O)OCC(=O)N3c4ccccc4NC(=O)C34CCCC4)CC2=O)c1. The zero-order valence-electron chi connectivity index (χ0n) is 19.5. The van der Waals surface area contributed by atoms with Crippen molar-refractivity contribution in [2.24, 2.45) is 5.92 Å². The van der Waals surface area contributed by atoms with Gasteiger partial charge in [-0.2, -0.15) is 0 Å². The first-order chi connectivity index (χ1) is 16.9. The molecule has 1 unspecified atom stereocenters. The minimum atomic E-state index is -0.968. The molecule has 0 radical (unpaired) electrons. The van der Waals surface area contributed by atoms with Gasteiger partial charge in [0.1, 0.15) is 11.3 Å². The summed E-state index contributed by atoms with van der Waals surface area (Å²) >= 11 is 0. The molecule has 182 valence electrons. The summed E-state index contributed by atoms with van der Waals surface area (Å²) < 4.78 is 10.6. The van der Waals surface area contributed by atoms with Crippen LogP contribution in [0.15, 0.2) is 48.5 Å². The number of hydrogen-bond donors (Lipinski definition) is 1. The third-order valence-electron chi connectivity index (χ3n) is 7.09. The van der Waals surface area contributed by atoms with Gasteiger partial charge in [-0.3, -0.25) is 24.1 Å². The standard InChI is InChI=1S/C26H27N3O6/c1-34-19-8-6-7-18(14-19)28-15-17(13-22(28)30)24(32)35-16-23(31)29-21-10-3-2-9-20(21)27-25(33)26(29)11-4-5-12-26/h2-3,6-10,14,17H,4-5,11-13,15-16H2,1H3,(H,27,33). The molecule has 3 aliphatic rings. The van der Waals surface area contributed by atoms with Gasteiger partial charge in [0.25, 0.3) is 11.8 Å². The van der Waals surface area contributed by atoms with Gasteiger partial charge >= 0.3 is 5.97 Å². The molecule has 9 nitrogen and oxygen atoms in total. The zero-order chi connectivity index (χ0) is 24.6. The minimum Gasteiger partial charge on any atom is -0.497 e. The van der Waals surface area contributed by atoms with Crippen molar-refractivity contribution in [2.75, 3.05) is 35.4 Å². The highest BCUT2D eigenvalue weighted by Crippen LogP contribution is 2.45. The Kier molecular flexibility index (Phi) is 5.92. The summed E-state index contributed by atoms with van der Waals surface area (Å²) in [7, 11) is 1.54. The normalized spacial score (nSPS) is 20.5. The molecule has 2 fully saturated rings. The van der Waals surface area contributed by atoms with E-state index in [0.717, 1.165) is 12.8 Å². The van der Waals surface area contributed by atoms with E-state index in [9.17, 15) is 19.2 Å². The number of anilines is 3. The van der Waals surface area contributed by atoms with E-state index in [2.05, 4.69) is 5.32 Å². The van der Waals surface area contributed by atoms with Gasteiger partial charge in [0, 0.05) is 24.7 Å². The summed E-state index contributed by atoms with van der Waals surface area (Å²) in [6, 6.07) is 14.2. The molecule has 3 amide bonds. The van der Waals surface area contributed by atoms with E-state index < -0.39 is 29.9 Å². The third kappa shape index (κ3) is 4.00. The van der Waals surface area contributed by atoms with Crippen LogP contribution in [0.1, 0.15) is 32.1 Å². The number of amides is 3. The molecule has 2 aliphatic heterocycles. The topological polar surface area (TPSA) is 105 Å². The van der Waals surface area contributed by atoms with E-state index in [-0.39, 0.29) is 24.8 Å². The molecule has 2 heterocycles. The maximum Gasteiger partial charge on any atom is 0.311 e. The predicted molar refractivity (Wildman–Crippen MR) is 128 cm³/mol. The fourth-order valence-corrected chi connectivity index (χ4v) is 5.34. The van der Waals surface area contributed by atoms with Crippen LogP contribution in [0.5, 0.6) is 5.75 Å². The Balaban J connectivity index is 1.29. The van der Waals surface area contributed by atoms with Crippen molar-refractivity contribution < 1.29 is 28.7 Å². The summed E-state index contributed by atoms with van der Waals surface area (Å²) in [5.41, 5.74) is 0.838. The second kappa shape index (κ2) is 9.05. The maximum atomic E-state index is 13.4. The van der Waals surface area contributed by atoms with Crippen molar-refractivity contribution >= 4 is 40.8 Å². The minimum absolute atomic E-state index is 0.00310. The first kappa shape index (κ1) is 22.9. The number of ether oxygens (including phenoxy) is 2. The van der Waals surface area contributed by atoms with Gasteiger partial charge in [0.2, 0.25) is 5.91 Å². The number of benzene rings is 2. The number of hydrogen-bond acceptors (Lipinski definition) is 6. The lowest BCUT2D eigenvalue weighted by atomic mass is 9.90. The van der Waals surface area contributed by atoms with Crippen LogP contribution in [-0.4, -0.2) is 49.5 Å². The summed E-state index contributed by atoms with van der Waals surface area (Å²) in [5.74, 6) is -1.52. The second-order valence-corrected chi connectivity index (χ2v) is 9.15. The molecule has 0 aromatic heterocycles. The zero-order valence-corrected chi connectivity index (χ0v) is 19.5. The number of esters is 1. The summed E-state index contributed by atoms with van der Waals surface area (Å²) in [6.07, 6.45) is 2.79. The first-order valence-corrected chi connectivity index (χ1v) is 11.8. The predicted octanol–water partition coefficient (Wildman–Crippen LogP) is 2.89. The second-order valence-electron chi connectivity index (χ2n) is 9.15. The van der Waals surface area contributed by atoms with Crippen LogP contribution in [0.3, 0.4) is 0 Å². The van der Waals surface area contributed by atoms with Crippen molar-refractivity contribution in [3.63, 3.8) is 0 Å². The Labute approximate surface area is 203 Å². The highest BCUT2D eigenvalue weighted by Gasteiger charge is 2.52. The molecule has 9 heteroatoms. The van der Waals surface area contributed by atoms with Crippen LogP contribution >= 0.6 is 0 Å². The van der Waals surface area contributed by atoms with Gasteiger partial charge in [-0.1, -0.05) is 31.0 Å². The summed E-state index contributed by atoms with van der Waals surface area (Å²) in [5, 5.41) is 2.93. The molecule has 1 aliphatic carbocycles. The lowest BCUT2D eigenvalue weighted by molar-refractivity contribution is -0.152. The van der Waals surface area contributed by atoms with Crippen LogP contribution in [-0.2, 0) is 23.9 Å². The van der Waals surface area contributed by atoms with E-state index in [1.165, 1.54) is 9.80 Å². The highest BCUT2D eigenvalue weighted by atomic mass is 16.5. The van der Waals surface area contributed by atoms with E-state index in [1.807, 2.05) is 6.07 Å². The van der Waals surface area contributed by atoms with Gasteiger partial charge in [-0.15, -0.1) is 0 Å². The summed E-state index contributed by atoms with van der Waals surface area (Å²) in [6.45, 7) is -0.329. The van der Waals surface area contributed by atoms with Crippen LogP contribution in [0.2, 0.25) is 0 Å². The molecule has 2 aromatic carbocycles. The molecule has 1 saturated heterocycles. The van der Waals surface area contributed by atoms with Crippen molar-refractivity contribution in [3.05, 3.63) is 48.5 Å². The number of nitrogens with zero attached hydrogens (tertiary/aromatic N) is 2. The molecular formula is C26H27N3O6. The lowest BCUT2D eigenvalue weighted by Gasteiger charge is -2.44. The average molecular weight is 478 g/mol. The molecule has 5 rings (SSSR count). The van der Waals surface area contributed by atoms with E-state index >= 15 is 0 Å². The molecule has 1 atom stereocenters. The molecule has 1 spiro atoms. The highest BCUT2D eigenvalue weighted by molar-refractivity contribution is 6.15. The molecule has 1 N–H and O–H groups in total. The van der Waals surface area contributed by atoms with Gasteiger partial charge in [-0.05, 0) is 37.1 Å². The monoisotopic (exact) mass is 477 g/mol. The maximum absolute atomic E-state index is 13.4. The van der Waals surface area contributed by atoms with E-state index in [1.54, 1.807) is 49.6 Å². The van der Waals surface area contributed by atoms with Gasteiger partial charge in [-0.25, -0.2) is 0 Å². The fraction of sp³-hybridized carbons (Fsp3) is 0.385. The Morgan fingerprint density at radius 1 is 1.09 bits per heavy atom. The smallest absolute Gasteiger partial charge is 0.311 e. The lowest BCUT2D eigenvalue weighted by Crippen LogP contribution is -2.61. The van der Waals surface area contributed by atoms with Crippen LogP contribution in [0.4, 0.5) is 17.1 Å². The Bertz CT molecular complexity index is 1190. The average Bonchev–Trinajstić information content (AvgIpc) is 3.51. The fourth-order valence-electron chi connectivity index (χ4n) is 5.34. The van der Waals surface area contributed by atoms with Crippen molar-refractivity contribution in [1.29, 1.82) is 0 Å². The quantitative estimate of drug-likeness (QED) is 0.664. The third-order valence-corrected chi connectivity index (χ3v) is 7.09. The molecule has 35 heavy (non-hydrogen) atoms. The number of nitrogens with one attached hydrogen (secondary N) is 1. The van der Waals surface area contributed by atoms with Crippen LogP contribution < -0.4 is 19.9 Å². The first-order valence-electron chi connectivity index (χ1n) is 11.8. The van der Waals surface area contributed by atoms with E-state index in [0.29, 0.717) is 35.7 Å². The van der Waals surface area contributed by atoms with Gasteiger partial charge < -0.3 is 19.7 Å². The van der Waals surface area contributed by atoms with Crippen LogP contribution in [0.25, 0.3) is 0 Å². The Morgan fingerprint density at radius 2 is 1.86 bits per heavy atom. The molecular weight excluding hydrogens is 450 g/mol. The molecule has 0 bridgehead atoms. The van der Waals surface area contributed by atoms with Gasteiger partial charge in [0.15, 0.2) is 6.61 Å². The number of methoxy groups -OCH3 is 1. The van der Waals surface area contributed by atoms with Crippen LogP contribution in [0, 0.1) is 5.92 Å². The number of rotatable bonds is 5. The van der Waals surface area contributed by atoms with E-state index in [4.69, 9.17) is 9.47 Å². The number of para-hydroxylation sites is 2. The molecule has 2 aromatic rings. The number of fused-ring (bicyclic) bond motifs is 1. The largest absolute Gasteiger partial charge is 0.497 e. The van der Waals surface area contributed by atoms with Crippen molar-refractivity contribution in [1.82, 2.24) is 0 Å². The Morgan fingerprint density at radius 3 is 2.63 bits per heavy atom. The Hall–Kier alpha value is -3.88. The van der Waals surface area contributed by atoms with Crippen molar-refractivity contribution in [2.45, 2.75) is 37.6 Å². The van der Waals surface area contributed by atoms with Crippen molar-refractivity contribution in [3.8, 4) is 5.75 Å². The number of carbonyl (C=O) groups is 4. The van der Waals surface area contributed by atoms with Gasteiger partial charge in [0.05, 0.1) is 24.4 Å². The summed E-state index contributed by atoms with van der Waals surface area (Å²) in [4.78, 5) is 54.9. The molecule has 1 saturated carbocycles. The number of carbonyl (C=O) groups excluding carboxylic acids is 4.